The van der Waals surface area contributed by atoms with Gasteiger partial charge in [-0.25, -0.2) is 4.79 Å². The highest BCUT2D eigenvalue weighted by Crippen LogP contribution is 2.29. The number of para-hydroxylation sites is 1. The monoisotopic (exact) mass is 279 g/mol. The Bertz CT molecular complexity index is 843. The highest BCUT2D eigenvalue weighted by Gasteiger charge is 2.08. The summed E-state index contributed by atoms with van der Waals surface area (Å²) in [7, 11) is 1.38. The zero-order chi connectivity index (χ0) is 14.8. The molecule has 0 fully saturated rings. The molecule has 0 aliphatic carbocycles. The van der Waals surface area contributed by atoms with E-state index in [1.54, 1.807) is 6.08 Å². The second-order valence-electron chi connectivity index (χ2n) is 4.89. The van der Waals surface area contributed by atoms with E-state index in [0.717, 1.165) is 12.1 Å². The van der Waals surface area contributed by atoms with Gasteiger partial charge in [-0.3, -0.25) is 0 Å². The Morgan fingerprint density at radius 3 is 2.67 bits per heavy atom. The zero-order valence-corrected chi connectivity index (χ0v) is 12.2. The fraction of sp³-hybridized carbons (Fsp3) is 0.167. The number of esters is 1. The van der Waals surface area contributed by atoms with Crippen molar-refractivity contribution in [2.75, 3.05) is 7.11 Å². The molecule has 21 heavy (non-hydrogen) atoms. The Balaban J connectivity index is 2.19. The van der Waals surface area contributed by atoms with Gasteiger partial charge in [0.25, 0.3) is 0 Å². The minimum absolute atomic E-state index is 0.342. The second kappa shape index (κ2) is 5.44. The number of ether oxygens (including phenoxy) is 1. The normalized spacial score (nSPS) is 11.5. The molecule has 0 aliphatic heterocycles. The van der Waals surface area contributed by atoms with Crippen molar-refractivity contribution in [3.8, 4) is 0 Å². The SMILES string of the molecule is CCn1c2ccccc2c2cc(C=CC(=O)OC)ccc21. The van der Waals surface area contributed by atoms with E-state index < -0.39 is 0 Å². The molecule has 0 atom stereocenters. The molecule has 0 radical (unpaired) electrons. The van der Waals surface area contributed by atoms with Gasteiger partial charge in [0.05, 0.1) is 7.11 Å². The fourth-order valence-corrected chi connectivity index (χ4v) is 2.75. The van der Waals surface area contributed by atoms with Crippen LogP contribution in [0.2, 0.25) is 0 Å². The number of aryl methyl sites for hydroxylation is 1. The summed E-state index contributed by atoms with van der Waals surface area (Å²) >= 11 is 0. The third kappa shape index (κ3) is 2.31. The summed E-state index contributed by atoms with van der Waals surface area (Å²) in [6.07, 6.45) is 3.23. The summed E-state index contributed by atoms with van der Waals surface area (Å²) in [5, 5.41) is 2.45. The molecule has 106 valence electrons. The number of aromatic nitrogens is 1. The third-order valence-electron chi connectivity index (χ3n) is 3.73. The minimum atomic E-state index is -0.342. The average molecular weight is 279 g/mol. The fourth-order valence-electron chi connectivity index (χ4n) is 2.75. The van der Waals surface area contributed by atoms with E-state index in [-0.39, 0.29) is 5.97 Å². The van der Waals surface area contributed by atoms with E-state index in [0.29, 0.717) is 0 Å². The lowest BCUT2D eigenvalue weighted by Gasteiger charge is -2.02. The molecule has 0 saturated heterocycles. The summed E-state index contributed by atoms with van der Waals surface area (Å²) in [6, 6.07) is 14.6. The molecular formula is C18H17NO2. The van der Waals surface area contributed by atoms with Gasteiger partial charge in [0.15, 0.2) is 0 Å². The van der Waals surface area contributed by atoms with Gasteiger partial charge >= 0.3 is 5.97 Å². The largest absolute Gasteiger partial charge is 0.466 e. The quantitative estimate of drug-likeness (QED) is 0.536. The number of methoxy groups -OCH3 is 1. The highest BCUT2D eigenvalue weighted by molar-refractivity contribution is 6.08. The van der Waals surface area contributed by atoms with Crippen molar-refractivity contribution < 1.29 is 9.53 Å². The van der Waals surface area contributed by atoms with Crippen LogP contribution in [0.5, 0.6) is 0 Å². The van der Waals surface area contributed by atoms with Crippen molar-refractivity contribution in [3.63, 3.8) is 0 Å². The van der Waals surface area contributed by atoms with Crippen LogP contribution in [0.4, 0.5) is 0 Å². The predicted octanol–water partition coefficient (Wildman–Crippen LogP) is 4.00. The minimum Gasteiger partial charge on any atom is -0.466 e. The number of rotatable bonds is 3. The molecule has 0 spiro atoms. The summed E-state index contributed by atoms with van der Waals surface area (Å²) in [5.74, 6) is -0.342. The molecule has 0 bridgehead atoms. The molecule has 2 aromatic carbocycles. The van der Waals surface area contributed by atoms with E-state index in [1.165, 1.54) is 35.0 Å². The number of carbonyl (C=O) groups excluding carboxylic acids is 1. The topological polar surface area (TPSA) is 31.2 Å². The van der Waals surface area contributed by atoms with Crippen LogP contribution in [0.25, 0.3) is 27.9 Å². The maximum absolute atomic E-state index is 11.2. The Morgan fingerprint density at radius 1 is 1.14 bits per heavy atom. The van der Waals surface area contributed by atoms with E-state index in [2.05, 4.69) is 52.6 Å². The molecule has 0 unspecified atom stereocenters. The first-order valence-electron chi connectivity index (χ1n) is 7.01. The van der Waals surface area contributed by atoms with Crippen molar-refractivity contribution in [3.05, 3.63) is 54.1 Å². The van der Waals surface area contributed by atoms with Gasteiger partial charge in [0.2, 0.25) is 0 Å². The number of nitrogens with zero attached hydrogens (tertiary/aromatic N) is 1. The second-order valence-corrected chi connectivity index (χ2v) is 4.89. The van der Waals surface area contributed by atoms with Crippen molar-refractivity contribution >= 4 is 33.9 Å². The van der Waals surface area contributed by atoms with Gasteiger partial charge in [0, 0.05) is 34.4 Å². The van der Waals surface area contributed by atoms with Gasteiger partial charge in [-0.2, -0.15) is 0 Å². The lowest BCUT2D eigenvalue weighted by Crippen LogP contribution is -1.93. The van der Waals surface area contributed by atoms with Crippen LogP contribution in [-0.2, 0) is 16.1 Å². The van der Waals surface area contributed by atoms with Crippen LogP contribution in [0.15, 0.2) is 48.5 Å². The van der Waals surface area contributed by atoms with Crippen LogP contribution in [0, 0.1) is 0 Å². The first-order chi connectivity index (χ1) is 10.2. The molecule has 3 nitrogen and oxygen atoms in total. The van der Waals surface area contributed by atoms with Gasteiger partial charge in [-0.15, -0.1) is 0 Å². The first-order valence-corrected chi connectivity index (χ1v) is 7.01. The Morgan fingerprint density at radius 2 is 1.90 bits per heavy atom. The molecule has 0 saturated carbocycles. The maximum Gasteiger partial charge on any atom is 0.330 e. The van der Waals surface area contributed by atoms with Crippen molar-refractivity contribution in [2.24, 2.45) is 0 Å². The third-order valence-corrected chi connectivity index (χ3v) is 3.73. The first kappa shape index (κ1) is 13.4. The molecule has 0 aliphatic rings. The maximum atomic E-state index is 11.2. The Kier molecular flexibility index (Phi) is 3.48. The van der Waals surface area contributed by atoms with Gasteiger partial charge < -0.3 is 9.30 Å². The molecule has 1 aromatic heterocycles. The number of benzene rings is 2. The van der Waals surface area contributed by atoms with Crippen LogP contribution >= 0.6 is 0 Å². The van der Waals surface area contributed by atoms with Crippen molar-refractivity contribution in [1.29, 1.82) is 0 Å². The summed E-state index contributed by atoms with van der Waals surface area (Å²) in [6.45, 7) is 3.08. The summed E-state index contributed by atoms with van der Waals surface area (Å²) in [5.41, 5.74) is 3.45. The number of hydrogen-bond donors (Lipinski definition) is 0. The lowest BCUT2D eigenvalue weighted by atomic mass is 10.1. The summed E-state index contributed by atoms with van der Waals surface area (Å²) in [4.78, 5) is 11.2. The van der Waals surface area contributed by atoms with Crippen LogP contribution < -0.4 is 0 Å². The number of hydrogen-bond acceptors (Lipinski definition) is 2. The van der Waals surface area contributed by atoms with Crippen molar-refractivity contribution in [2.45, 2.75) is 13.5 Å². The molecule has 3 heteroatoms. The average Bonchev–Trinajstić information content (AvgIpc) is 2.85. The van der Waals surface area contributed by atoms with Crippen LogP contribution in [-0.4, -0.2) is 17.6 Å². The molecule has 0 amide bonds. The van der Waals surface area contributed by atoms with Crippen LogP contribution in [0.3, 0.4) is 0 Å². The molecule has 0 N–H and O–H groups in total. The molecule has 1 heterocycles. The zero-order valence-electron chi connectivity index (χ0n) is 12.2. The van der Waals surface area contributed by atoms with Gasteiger partial charge in [-0.05, 0) is 36.8 Å². The van der Waals surface area contributed by atoms with Crippen LogP contribution in [0.1, 0.15) is 12.5 Å². The Labute approximate surface area is 123 Å². The number of carbonyl (C=O) groups is 1. The smallest absolute Gasteiger partial charge is 0.330 e. The van der Waals surface area contributed by atoms with Gasteiger partial charge in [-0.1, -0.05) is 24.3 Å². The van der Waals surface area contributed by atoms with Crippen molar-refractivity contribution in [1.82, 2.24) is 4.57 Å². The molecule has 3 aromatic rings. The van der Waals surface area contributed by atoms with E-state index in [4.69, 9.17) is 0 Å². The molecular weight excluding hydrogens is 262 g/mol. The summed E-state index contributed by atoms with van der Waals surface area (Å²) < 4.78 is 6.93. The number of fused-ring (bicyclic) bond motifs is 3. The van der Waals surface area contributed by atoms with E-state index in [1.807, 2.05) is 6.07 Å². The predicted molar refractivity (Wildman–Crippen MR) is 86.2 cm³/mol. The lowest BCUT2D eigenvalue weighted by molar-refractivity contribution is -0.134. The van der Waals surface area contributed by atoms with Gasteiger partial charge in [0.1, 0.15) is 0 Å². The van der Waals surface area contributed by atoms with E-state index in [9.17, 15) is 4.79 Å². The standard InChI is InChI=1S/C18H17NO2/c1-3-19-16-7-5-4-6-14(16)15-12-13(8-10-17(15)19)9-11-18(20)21-2/h4-12H,3H2,1-2H3. The van der Waals surface area contributed by atoms with E-state index >= 15 is 0 Å². The highest BCUT2D eigenvalue weighted by atomic mass is 16.5. The molecule has 3 rings (SSSR count). The Hall–Kier alpha value is -2.55.